The predicted octanol–water partition coefficient (Wildman–Crippen LogP) is 3.34. The van der Waals surface area contributed by atoms with Crippen LogP contribution in [-0.4, -0.2) is 41.7 Å². The molecule has 0 fully saturated rings. The Kier molecular flexibility index (Phi) is 6.98. The predicted molar refractivity (Wildman–Crippen MR) is 117 cm³/mol. The van der Waals surface area contributed by atoms with Gasteiger partial charge in [-0.3, -0.25) is 9.78 Å². The summed E-state index contributed by atoms with van der Waals surface area (Å²) in [5.41, 5.74) is 1.23. The van der Waals surface area contributed by atoms with Crippen LogP contribution in [0.2, 0.25) is 0 Å². The van der Waals surface area contributed by atoms with Crippen LogP contribution >= 0.6 is 0 Å². The molecule has 0 saturated carbocycles. The molecule has 0 spiro atoms. The Bertz CT molecular complexity index is 1130. The molecule has 9 heteroatoms. The number of pyridine rings is 2. The Hall–Kier alpha value is -3.30. The van der Waals surface area contributed by atoms with Gasteiger partial charge in [0.1, 0.15) is 6.61 Å². The van der Waals surface area contributed by atoms with Crippen LogP contribution in [-0.2, 0) is 16.6 Å². The highest BCUT2D eigenvalue weighted by atomic mass is 32.2. The maximum atomic E-state index is 12.7. The lowest BCUT2D eigenvalue weighted by atomic mass is 10.2. The van der Waals surface area contributed by atoms with Gasteiger partial charge in [0.25, 0.3) is 5.91 Å². The molecule has 0 bridgehead atoms. The van der Waals surface area contributed by atoms with Crippen molar-refractivity contribution in [2.75, 3.05) is 12.4 Å². The maximum Gasteiger partial charge on any atom is 0.256 e. The van der Waals surface area contributed by atoms with Crippen molar-refractivity contribution in [2.24, 2.45) is 0 Å². The summed E-state index contributed by atoms with van der Waals surface area (Å²) in [5, 5.41) is 2.72. The third kappa shape index (κ3) is 5.44. The van der Waals surface area contributed by atoms with Crippen molar-refractivity contribution in [3.8, 4) is 5.75 Å². The molecule has 0 unspecified atom stereocenters. The Morgan fingerprint density at radius 1 is 1.06 bits per heavy atom. The zero-order valence-electron chi connectivity index (χ0n) is 17.5. The quantitative estimate of drug-likeness (QED) is 0.576. The van der Waals surface area contributed by atoms with Gasteiger partial charge in [-0.1, -0.05) is 0 Å². The van der Waals surface area contributed by atoms with Crippen molar-refractivity contribution < 1.29 is 17.9 Å². The van der Waals surface area contributed by atoms with E-state index in [9.17, 15) is 13.2 Å². The van der Waals surface area contributed by atoms with Gasteiger partial charge < -0.3 is 10.1 Å². The SMILES string of the molecule is CC(C)N(C)S(=O)(=O)c1ccc(C(=O)Nc2ncccc2OCc2ccncc2)cc1. The molecule has 3 rings (SSSR count). The number of hydrogen-bond donors (Lipinski definition) is 1. The number of aromatic nitrogens is 2. The molecular weight excluding hydrogens is 416 g/mol. The summed E-state index contributed by atoms with van der Waals surface area (Å²) in [4.78, 5) is 20.9. The zero-order chi connectivity index (χ0) is 22.4. The number of nitrogens with one attached hydrogen (secondary N) is 1. The Labute approximate surface area is 182 Å². The van der Waals surface area contributed by atoms with Gasteiger partial charge in [-0.15, -0.1) is 0 Å². The maximum absolute atomic E-state index is 12.7. The molecule has 162 valence electrons. The molecule has 0 aliphatic heterocycles. The number of anilines is 1. The van der Waals surface area contributed by atoms with Crippen LogP contribution in [0.4, 0.5) is 5.82 Å². The standard InChI is InChI=1S/C22H24N4O4S/c1-16(2)26(3)31(28,29)19-8-6-18(7-9-19)22(27)25-21-20(5-4-12-24-21)30-15-17-10-13-23-14-11-17/h4-14,16H,15H2,1-3H3,(H,24,25,27). The molecule has 31 heavy (non-hydrogen) atoms. The average molecular weight is 441 g/mol. The van der Waals surface area contributed by atoms with Gasteiger partial charge in [-0.25, -0.2) is 13.4 Å². The van der Waals surface area contributed by atoms with Crippen LogP contribution in [0.3, 0.4) is 0 Å². The lowest BCUT2D eigenvalue weighted by molar-refractivity contribution is 0.102. The van der Waals surface area contributed by atoms with E-state index in [1.54, 1.807) is 44.6 Å². The summed E-state index contributed by atoms with van der Waals surface area (Å²) in [5.74, 6) is 0.275. The van der Waals surface area contributed by atoms with Crippen molar-refractivity contribution in [3.05, 3.63) is 78.2 Å². The number of nitrogens with zero attached hydrogens (tertiary/aromatic N) is 3. The summed E-state index contributed by atoms with van der Waals surface area (Å²) in [6.45, 7) is 3.88. The molecular formula is C22H24N4O4S. The van der Waals surface area contributed by atoms with Crippen LogP contribution in [0, 0.1) is 0 Å². The van der Waals surface area contributed by atoms with E-state index in [0.717, 1.165) is 5.56 Å². The first-order valence-corrected chi connectivity index (χ1v) is 11.1. The lowest BCUT2D eigenvalue weighted by Gasteiger charge is -2.21. The highest BCUT2D eigenvalue weighted by Gasteiger charge is 2.23. The van der Waals surface area contributed by atoms with E-state index in [0.29, 0.717) is 17.9 Å². The fourth-order valence-electron chi connectivity index (χ4n) is 2.64. The molecule has 0 radical (unpaired) electrons. The number of carbonyl (C=O) groups excluding carboxylic acids is 1. The first-order valence-electron chi connectivity index (χ1n) is 9.65. The smallest absolute Gasteiger partial charge is 0.256 e. The molecule has 0 saturated heterocycles. The molecule has 0 atom stereocenters. The van der Waals surface area contributed by atoms with E-state index in [-0.39, 0.29) is 16.8 Å². The van der Waals surface area contributed by atoms with Crippen molar-refractivity contribution >= 4 is 21.7 Å². The summed E-state index contributed by atoms with van der Waals surface area (Å²) >= 11 is 0. The highest BCUT2D eigenvalue weighted by Crippen LogP contribution is 2.23. The second kappa shape index (κ2) is 9.67. The molecule has 2 heterocycles. The Balaban J connectivity index is 1.72. The number of benzene rings is 1. The first-order chi connectivity index (χ1) is 14.8. The monoisotopic (exact) mass is 440 g/mol. The molecule has 0 aliphatic carbocycles. The van der Waals surface area contributed by atoms with Crippen LogP contribution in [0.1, 0.15) is 29.8 Å². The molecule has 1 amide bonds. The third-order valence-corrected chi connectivity index (χ3v) is 6.71. The third-order valence-electron chi connectivity index (χ3n) is 4.67. The Morgan fingerprint density at radius 2 is 1.74 bits per heavy atom. The van der Waals surface area contributed by atoms with E-state index in [1.807, 2.05) is 12.1 Å². The van der Waals surface area contributed by atoms with Gasteiger partial charge >= 0.3 is 0 Å². The molecule has 8 nitrogen and oxygen atoms in total. The van der Waals surface area contributed by atoms with Crippen LogP contribution in [0.15, 0.2) is 72.0 Å². The van der Waals surface area contributed by atoms with Gasteiger partial charge in [0.2, 0.25) is 10.0 Å². The minimum absolute atomic E-state index is 0.124. The summed E-state index contributed by atoms with van der Waals surface area (Å²) in [6, 6.07) is 12.7. The van der Waals surface area contributed by atoms with E-state index in [2.05, 4.69) is 15.3 Å². The molecule has 2 aromatic heterocycles. The average Bonchev–Trinajstić information content (AvgIpc) is 2.78. The number of amides is 1. The van der Waals surface area contributed by atoms with E-state index < -0.39 is 15.9 Å². The zero-order valence-corrected chi connectivity index (χ0v) is 18.3. The first kappa shape index (κ1) is 22.4. The van der Waals surface area contributed by atoms with Gasteiger partial charge in [0.05, 0.1) is 4.90 Å². The molecule has 1 aromatic carbocycles. The minimum Gasteiger partial charge on any atom is -0.485 e. The van der Waals surface area contributed by atoms with Crippen LogP contribution in [0.5, 0.6) is 5.75 Å². The number of carbonyl (C=O) groups is 1. The second-order valence-electron chi connectivity index (χ2n) is 7.09. The summed E-state index contributed by atoms with van der Waals surface area (Å²) in [6.07, 6.45) is 4.90. The van der Waals surface area contributed by atoms with Gasteiger partial charge in [0.15, 0.2) is 11.6 Å². The van der Waals surface area contributed by atoms with Crippen molar-refractivity contribution in [3.63, 3.8) is 0 Å². The number of rotatable bonds is 8. The minimum atomic E-state index is -3.62. The largest absolute Gasteiger partial charge is 0.485 e. The van der Waals surface area contributed by atoms with Gasteiger partial charge in [0, 0.05) is 37.2 Å². The highest BCUT2D eigenvalue weighted by molar-refractivity contribution is 7.89. The second-order valence-corrected chi connectivity index (χ2v) is 9.09. The van der Waals surface area contributed by atoms with Crippen molar-refractivity contribution in [1.29, 1.82) is 0 Å². The number of sulfonamides is 1. The van der Waals surface area contributed by atoms with Crippen molar-refractivity contribution in [2.45, 2.75) is 31.4 Å². The lowest BCUT2D eigenvalue weighted by Crippen LogP contribution is -2.33. The van der Waals surface area contributed by atoms with E-state index in [1.165, 1.54) is 35.6 Å². The van der Waals surface area contributed by atoms with E-state index in [4.69, 9.17) is 4.74 Å². The fourth-order valence-corrected chi connectivity index (χ4v) is 4.01. The molecule has 0 aliphatic rings. The number of hydrogen-bond acceptors (Lipinski definition) is 6. The van der Waals surface area contributed by atoms with Crippen LogP contribution < -0.4 is 10.1 Å². The van der Waals surface area contributed by atoms with Gasteiger partial charge in [-0.05, 0) is 67.9 Å². The summed E-state index contributed by atoms with van der Waals surface area (Å²) in [7, 11) is -2.09. The fraction of sp³-hybridized carbons (Fsp3) is 0.227. The molecule has 1 N–H and O–H groups in total. The van der Waals surface area contributed by atoms with Gasteiger partial charge in [-0.2, -0.15) is 4.31 Å². The Morgan fingerprint density at radius 3 is 2.39 bits per heavy atom. The van der Waals surface area contributed by atoms with E-state index >= 15 is 0 Å². The number of ether oxygens (including phenoxy) is 1. The van der Waals surface area contributed by atoms with Crippen LogP contribution in [0.25, 0.3) is 0 Å². The van der Waals surface area contributed by atoms with Crippen molar-refractivity contribution in [1.82, 2.24) is 14.3 Å². The normalized spacial score (nSPS) is 11.5. The summed E-state index contributed by atoms with van der Waals surface area (Å²) < 4.78 is 32.2. The molecule has 3 aromatic rings. The topological polar surface area (TPSA) is 101 Å².